The van der Waals surface area contributed by atoms with E-state index in [-0.39, 0.29) is 11.4 Å². The van der Waals surface area contributed by atoms with Gasteiger partial charge in [-0.3, -0.25) is 4.79 Å². The second kappa shape index (κ2) is 10.3. The zero-order chi connectivity index (χ0) is 22.4. The van der Waals surface area contributed by atoms with Gasteiger partial charge in [-0.15, -0.1) is 0 Å². The number of nitrogens with zero attached hydrogens (tertiary/aromatic N) is 2. The van der Waals surface area contributed by atoms with Crippen molar-refractivity contribution in [3.63, 3.8) is 0 Å². The summed E-state index contributed by atoms with van der Waals surface area (Å²) in [6, 6.07) is 25.3. The van der Waals surface area contributed by atoms with E-state index in [2.05, 4.69) is 47.4 Å². The van der Waals surface area contributed by atoms with Gasteiger partial charge in [-0.25, -0.2) is 0 Å². The molecule has 4 rings (SSSR count). The Kier molecular flexibility index (Phi) is 7.23. The Hall–Kier alpha value is -2.69. The molecule has 1 heterocycles. The van der Waals surface area contributed by atoms with Crippen molar-refractivity contribution < 1.29 is 9.53 Å². The topological polar surface area (TPSA) is 32.8 Å². The SMILES string of the molecule is CCC(=O)N(c1ccccc1)C1(COC)CCN(CCc2cccc3ccccc23)CC1. The molecule has 0 atom stereocenters. The first-order chi connectivity index (χ1) is 15.7. The number of fused-ring (bicyclic) bond motifs is 1. The molecule has 4 heteroatoms. The van der Waals surface area contributed by atoms with Crippen molar-refractivity contribution in [2.45, 2.75) is 38.1 Å². The number of ether oxygens (including phenoxy) is 1. The van der Waals surface area contributed by atoms with Crippen molar-refractivity contribution in [1.82, 2.24) is 4.90 Å². The average molecular weight is 431 g/mol. The minimum absolute atomic E-state index is 0.164. The molecule has 0 unspecified atom stereocenters. The van der Waals surface area contributed by atoms with Crippen molar-refractivity contribution in [3.8, 4) is 0 Å². The molecule has 3 aromatic rings. The molecule has 0 bridgehead atoms. The van der Waals surface area contributed by atoms with Crippen LogP contribution in [-0.4, -0.2) is 49.7 Å². The van der Waals surface area contributed by atoms with Gasteiger partial charge in [0.15, 0.2) is 0 Å². The lowest BCUT2D eigenvalue weighted by Gasteiger charge is -2.48. The van der Waals surface area contributed by atoms with E-state index in [1.807, 2.05) is 42.2 Å². The first-order valence-corrected chi connectivity index (χ1v) is 11.7. The van der Waals surface area contributed by atoms with E-state index in [9.17, 15) is 4.79 Å². The molecule has 1 saturated heterocycles. The summed E-state index contributed by atoms with van der Waals surface area (Å²) in [7, 11) is 1.74. The number of hydrogen-bond donors (Lipinski definition) is 0. The minimum atomic E-state index is -0.293. The number of likely N-dealkylation sites (tertiary alicyclic amines) is 1. The highest BCUT2D eigenvalue weighted by molar-refractivity contribution is 5.94. The van der Waals surface area contributed by atoms with Crippen LogP contribution in [0, 0.1) is 0 Å². The molecule has 0 saturated carbocycles. The van der Waals surface area contributed by atoms with Gasteiger partial charge < -0.3 is 14.5 Å². The maximum atomic E-state index is 13.1. The number of carbonyl (C=O) groups is 1. The Balaban J connectivity index is 1.48. The monoisotopic (exact) mass is 430 g/mol. The highest BCUT2D eigenvalue weighted by atomic mass is 16.5. The molecule has 168 valence electrons. The van der Waals surface area contributed by atoms with Crippen LogP contribution in [0.5, 0.6) is 0 Å². The Morgan fingerprint density at radius 2 is 1.66 bits per heavy atom. The second-order valence-corrected chi connectivity index (χ2v) is 8.81. The van der Waals surface area contributed by atoms with Crippen LogP contribution in [0.2, 0.25) is 0 Å². The summed E-state index contributed by atoms with van der Waals surface area (Å²) in [5.41, 5.74) is 2.09. The van der Waals surface area contributed by atoms with Crippen LogP contribution in [0.4, 0.5) is 5.69 Å². The van der Waals surface area contributed by atoms with Crippen LogP contribution >= 0.6 is 0 Å². The predicted octanol–water partition coefficient (Wildman–Crippen LogP) is 5.31. The molecule has 1 amide bonds. The Morgan fingerprint density at radius 1 is 0.969 bits per heavy atom. The van der Waals surface area contributed by atoms with E-state index in [4.69, 9.17) is 4.74 Å². The number of rotatable bonds is 8. The summed E-state index contributed by atoms with van der Waals surface area (Å²) >= 11 is 0. The molecule has 0 radical (unpaired) electrons. The fourth-order valence-electron chi connectivity index (χ4n) is 5.10. The second-order valence-electron chi connectivity index (χ2n) is 8.81. The lowest BCUT2D eigenvalue weighted by atomic mass is 9.85. The van der Waals surface area contributed by atoms with Crippen LogP contribution in [0.25, 0.3) is 10.8 Å². The van der Waals surface area contributed by atoms with Gasteiger partial charge in [0.25, 0.3) is 0 Å². The van der Waals surface area contributed by atoms with Gasteiger partial charge in [0, 0.05) is 38.9 Å². The lowest BCUT2D eigenvalue weighted by Crippen LogP contribution is -2.60. The van der Waals surface area contributed by atoms with Crippen LogP contribution in [0.1, 0.15) is 31.7 Å². The van der Waals surface area contributed by atoms with Gasteiger partial charge in [0.05, 0.1) is 12.1 Å². The first kappa shape index (κ1) is 22.5. The maximum Gasteiger partial charge on any atom is 0.227 e. The van der Waals surface area contributed by atoms with Gasteiger partial charge >= 0.3 is 0 Å². The van der Waals surface area contributed by atoms with Crippen LogP contribution < -0.4 is 4.90 Å². The van der Waals surface area contributed by atoms with E-state index in [1.165, 1.54) is 16.3 Å². The van der Waals surface area contributed by atoms with Gasteiger partial charge in [0.1, 0.15) is 0 Å². The Bertz CT molecular complexity index is 1020. The zero-order valence-electron chi connectivity index (χ0n) is 19.3. The summed E-state index contributed by atoms with van der Waals surface area (Å²) in [6.07, 6.45) is 3.36. The molecule has 0 aromatic heterocycles. The third-order valence-electron chi connectivity index (χ3n) is 6.82. The number of carbonyl (C=O) groups excluding carboxylic acids is 1. The molecular weight excluding hydrogens is 396 g/mol. The standard InChI is InChI=1S/C28H34N2O2/c1-3-27(31)30(25-13-5-4-6-14-25)28(22-32-2)17-20-29(21-18-28)19-16-24-12-9-11-23-10-7-8-15-26(23)24/h4-15H,3,16-22H2,1-2H3. The summed E-state index contributed by atoms with van der Waals surface area (Å²) in [5, 5.41) is 2.66. The molecule has 0 N–H and O–H groups in total. The number of amides is 1. The number of benzene rings is 3. The van der Waals surface area contributed by atoms with Gasteiger partial charge in [-0.05, 0) is 47.7 Å². The number of piperidine rings is 1. The minimum Gasteiger partial charge on any atom is -0.382 e. The van der Waals surface area contributed by atoms with Gasteiger partial charge in [-0.1, -0.05) is 67.6 Å². The summed E-state index contributed by atoms with van der Waals surface area (Å²) < 4.78 is 5.68. The molecule has 4 nitrogen and oxygen atoms in total. The molecular formula is C28H34N2O2. The molecule has 1 aliphatic rings. The Labute approximate surface area is 191 Å². The normalized spacial score (nSPS) is 16.2. The molecule has 32 heavy (non-hydrogen) atoms. The van der Waals surface area contributed by atoms with Crippen LogP contribution in [0.15, 0.2) is 72.8 Å². The fourth-order valence-corrected chi connectivity index (χ4v) is 5.10. The van der Waals surface area contributed by atoms with Crippen molar-refractivity contribution in [3.05, 3.63) is 78.4 Å². The van der Waals surface area contributed by atoms with E-state index >= 15 is 0 Å². The molecule has 0 spiro atoms. The molecule has 1 aliphatic heterocycles. The average Bonchev–Trinajstić information content (AvgIpc) is 2.84. The highest BCUT2D eigenvalue weighted by Crippen LogP contribution is 2.34. The smallest absolute Gasteiger partial charge is 0.227 e. The molecule has 1 fully saturated rings. The number of para-hydroxylation sites is 1. The van der Waals surface area contributed by atoms with Gasteiger partial charge in [0.2, 0.25) is 5.91 Å². The van der Waals surface area contributed by atoms with Gasteiger partial charge in [-0.2, -0.15) is 0 Å². The van der Waals surface area contributed by atoms with Crippen molar-refractivity contribution in [2.24, 2.45) is 0 Å². The Morgan fingerprint density at radius 3 is 2.38 bits per heavy atom. The largest absolute Gasteiger partial charge is 0.382 e. The van der Waals surface area contributed by atoms with E-state index in [0.717, 1.165) is 44.6 Å². The molecule has 0 aliphatic carbocycles. The third-order valence-corrected chi connectivity index (χ3v) is 6.82. The fraction of sp³-hybridized carbons (Fsp3) is 0.393. The quantitative estimate of drug-likeness (QED) is 0.486. The van der Waals surface area contributed by atoms with E-state index in [0.29, 0.717) is 13.0 Å². The molecule has 3 aromatic carbocycles. The maximum absolute atomic E-state index is 13.1. The zero-order valence-corrected chi connectivity index (χ0v) is 19.3. The van der Waals surface area contributed by atoms with Crippen molar-refractivity contribution in [2.75, 3.05) is 38.3 Å². The number of anilines is 1. The lowest BCUT2D eigenvalue weighted by molar-refractivity contribution is -0.120. The van der Waals surface area contributed by atoms with Crippen molar-refractivity contribution >= 4 is 22.4 Å². The predicted molar refractivity (Wildman–Crippen MR) is 132 cm³/mol. The summed E-state index contributed by atoms with van der Waals surface area (Å²) in [4.78, 5) is 17.6. The summed E-state index contributed by atoms with van der Waals surface area (Å²) in [5.74, 6) is 0.164. The first-order valence-electron chi connectivity index (χ1n) is 11.7. The van der Waals surface area contributed by atoms with E-state index < -0.39 is 0 Å². The number of methoxy groups -OCH3 is 1. The third kappa shape index (κ3) is 4.72. The van der Waals surface area contributed by atoms with Crippen LogP contribution in [0.3, 0.4) is 0 Å². The van der Waals surface area contributed by atoms with Crippen LogP contribution in [-0.2, 0) is 16.0 Å². The highest BCUT2D eigenvalue weighted by Gasteiger charge is 2.42. The van der Waals surface area contributed by atoms with Crippen molar-refractivity contribution in [1.29, 1.82) is 0 Å². The van der Waals surface area contributed by atoms with E-state index in [1.54, 1.807) is 7.11 Å². The number of hydrogen-bond acceptors (Lipinski definition) is 3. The summed E-state index contributed by atoms with van der Waals surface area (Å²) in [6.45, 7) is 5.47.